The van der Waals surface area contributed by atoms with E-state index in [1.54, 1.807) is 19.1 Å². The van der Waals surface area contributed by atoms with Crippen molar-refractivity contribution in [1.82, 2.24) is 15.5 Å². The van der Waals surface area contributed by atoms with Gasteiger partial charge in [-0.25, -0.2) is 0 Å². The summed E-state index contributed by atoms with van der Waals surface area (Å²) in [4.78, 5) is 16.4. The summed E-state index contributed by atoms with van der Waals surface area (Å²) in [6.45, 7) is 6.08. The van der Waals surface area contributed by atoms with Gasteiger partial charge in [0.15, 0.2) is 5.82 Å². The maximum Gasteiger partial charge on any atom is 0.263 e. The number of carbonyl (C=O) groups is 1. The summed E-state index contributed by atoms with van der Waals surface area (Å²) in [5.74, 6) is 0.846. The summed E-state index contributed by atoms with van der Waals surface area (Å²) in [5, 5.41) is 10.2. The molecule has 0 fully saturated rings. The molecule has 0 bridgehead atoms. The van der Waals surface area contributed by atoms with Crippen molar-refractivity contribution in [3.63, 3.8) is 0 Å². The molecule has 0 aliphatic rings. The number of nitrogens with one attached hydrogen (secondary N) is 2. The highest BCUT2D eigenvalue weighted by atomic mass is 32.1. The summed E-state index contributed by atoms with van der Waals surface area (Å²) >= 11 is 1.27. The van der Waals surface area contributed by atoms with Gasteiger partial charge in [-0.3, -0.25) is 4.79 Å². The number of carbonyl (C=O) groups excluding carboxylic acids is 1. The largest absolute Gasteiger partial charge is 0.397 e. The Labute approximate surface area is 119 Å². The molecule has 0 spiro atoms. The summed E-state index contributed by atoms with van der Waals surface area (Å²) in [7, 11) is 0. The van der Waals surface area contributed by atoms with Gasteiger partial charge in [-0.2, -0.15) is 4.98 Å². The lowest BCUT2D eigenvalue weighted by molar-refractivity contribution is 0.0963. The molecule has 2 heterocycles. The fraction of sp³-hybridized carbons (Fsp3) is 0.250. The third-order valence-corrected chi connectivity index (χ3v) is 3.46. The molecule has 2 rings (SSSR count). The fourth-order valence-electron chi connectivity index (χ4n) is 1.49. The van der Waals surface area contributed by atoms with Crippen LogP contribution in [0.4, 0.5) is 10.7 Å². The third kappa shape index (κ3) is 3.35. The molecule has 7 nitrogen and oxygen atoms in total. The molecule has 2 aromatic rings. The number of thiophene rings is 1. The second kappa shape index (κ2) is 6.20. The SMILES string of the molecule is C=CCNC(=O)c1sc(NCc2nc(C)no2)cc1N. The van der Waals surface area contributed by atoms with E-state index in [4.69, 9.17) is 10.3 Å². The molecule has 4 N–H and O–H groups in total. The molecule has 8 heteroatoms. The van der Waals surface area contributed by atoms with Crippen LogP contribution in [0.15, 0.2) is 23.2 Å². The highest BCUT2D eigenvalue weighted by Gasteiger charge is 2.14. The Morgan fingerprint density at radius 1 is 1.65 bits per heavy atom. The molecule has 0 aliphatic carbocycles. The highest BCUT2D eigenvalue weighted by molar-refractivity contribution is 7.18. The van der Waals surface area contributed by atoms with Crippen molar-refractivity contribution in [3.8, 4) is 0 Å². The van der Waals surface area contributed by atoms with E-state index in [2.05, 4.69) is 27.4 Å². The first-order valence-corrected chi connectivity index (χ1v) is 6.73. The van der Waals surface area contributed by atoms with E-state index in [-0.39, 0.29) is 5.91 Å². The first-order chi connectivity index (χ1) is 9.60. The molecule has 0 aromatic carbocycles. The molecule has 0 radical (unpaired) electrons. The first-order valence-electron chi connectivity index (χ1n) is 5.91. The average molecular weight is 293 g/mol. The van der Waals surface area contributed by atoms with Gasteiger partial charge in [-0.15, -0.1) is 17.9 Å². The van der Waals surface area contributed by atoms with Crippen molar-refractivity contribution < 1.29 is 9.32 Å². The number of rotatable bonds is 6. The smallest absolute Gasteiger partial charge is 0.263 e. The predicted octanol–water partition coefficient (Wildman–Crippen LogP) is 1.55. The Balaban J connectivity index is 1.99. The van der Waals surface area contributed by atoms with Crippen LogP contribution in [0.1, 0.15) is 21.4 Å². The van der Waals surface area contributed by atoms with Crippen molar-refractivity contribution in [3.05, 3.63) is 35.3 Å². The predicted molar refractivity (Wildman–Crippen MR) is 77.6 cm³/mol. The number of anilines is 2. The minimum atomic E-state index is -0.214. The molecule has 1 amide bonds. The van der Waals surface area contributed by atoms with Gasteiger partial charge in [0, 0.05) is 6.54 Å². The van der Waals surface area contributed by atoms with Crippen LogP contribution in [-0.4, -0.2) is 22.6 Å². The molecule has 0 saturated heterocycles. The number of aryl methyl sites for hydroxylation is 1. The number of amides is 1. The van der Waals surface area contributed by atoms with Crippen LogP contribution in [0.25, 0.3) is 0 Å². The zero-order valence-electron chi connectivity index (χ0n) is 11.0. The van der Waals surface area contributed by atoms with Gasteiger partial charge in [-0.1, -0.05) is 11.2 Å². The summed E-state index contributed by atoms with van der Waals surface area (Å²) in [6, 6.07) is 1.71. The molecule has 106 valence electrons. The van der Waals surface area contributed by atoms with E-state index >= 15 is 0 Å². The van der Waals surface area contributed by atoms with Gasteiger partial charge in [-0.05, 0) is 13.0 Å². The van der Waals surface area contributed by atoms with Crippen LogP contribution in [-0.2, 0) is 6.54 Å². The Morgan fingerprint density at radius 3 is 3.10 bits per heavy atom. The maximum absolute atomic E-state index is 11.8. The molecule has 0 saturated carbocycles. The van der Waals surface area contributed by atoms with Gasteiger partial charge < -0.3 is 20.9 Å². The molecular formula is C12H15N5O2S. The highest BCUT2D eigenvalue weighted by Crippen LogP contribution is 2.29. The molecule has 0 aliphatic heterocycles. The van der Waals surface area contributed by atoms with Gasteiger partial charge in [0.05, 0.1) is 17.2 Å². The van der Waals surface area contributed by atoms with E-state index in [9.17, 15) is 4.79 Å². The number of aromatic nitrogens is 2. The minimum absolute atomic E-state index is 0.214. The second-order valence-corrected chi connectivity index (χ2v) is 5.03. The van der Waals surface area contributed by atoms with Crippen LogP contribution >= 0.6 is 11.3 Å². The van der Waals surface area contributed by atoms with Crippen LogP contribution < -0.4 is 16.4 Å². The standard InChI is InChI=1S/C12H15N5O2S/c1-3-4-14-12(18)11-8(13)5-10(20-11)15-6-9-16-7(2)17-19-9/h3,5,15H,1,4,6,13H2,2H3,(H,14,18). The lowest BCUT2D eigenvalue weighted by atomic mass is 10.3. The molecule has 0 unspecified atom stereocenters. The Hall–Kier alpha value is -2.35. The lowest BCUT2D eigenvalue weighted by Gasteiger charge is -2.00. The minimum Gasteiger partial charge on any atom is -0.397 e. The Bertz CT molecular complexity index is 619. The lowest BCUT2D eigenvalue weighted by Crippen LogP contribution is -2.22. The van der Waals surface area contributed by atoms with Crippen LogP contribution in [0, 0.1) is 6.92 Å². The number of nitrogens with two attached hydrogens (primary N) is 1. The second-order valence-electron chi connectivity index (χ2n) is 3.98. The van der Waals surface area contributed by atoms with Crippen LogP contribution in [0.5, 0.6) is 0 Å². The van der Waals surface area contributed by atoms with Crippen LogP contribution in [0.3, 0.4) is 0 Å². The van der Waals surface area contributed by atoms with E-state index in [0.717, 1.165) is 5.00 Å². The third-order valence-electron chi connectivity index (χ3n) is 2.36. The summed E-state index contributed by atoms with van der Waals surface area (Å²) in [6.07, 6.45) is 1.61. The first kappa shape index (κ1) is 14.1. The summed E-state index contributed by atoms with van der Waals surface area (Å²) in [5.41, 5.74) is 6.25. The zero-order valence-corrected chi connectivity index (χ0v) is 11.8. The summed E-state index contributed by atoms with van der Waals surface area (Å²) < 4.78 is 4.98. The van der Waals surface area contributed by atoms with Gasteiger partial charge in [0.25, 0.3) is 5.91 Å². The van der Waals surface area contributed by atoms with Crippen molar-refractivity contribution in [2.75, 3.05) is 17.6 Å². The van der Waals surface area contributed by atoms with E-state index in [1.165, 1.54) is 11.3 Å². The van der Waals surface area contributed by atoms with Crippen molar-refractivity contribution >= 4 is 27.9 Å². The fourth-order valence-corrected chi connectivity index (χ4v) is 2.38. The monoisotopic (exact) mass is 293 g/mol. The van der Waals surface area contributed by atoms with E-state index in [1.807, 2.05) is 0 Å². The van der Waals surface area contributed by atoms with Gasteiger partial charge in [0.1, 0.15) is 4.88 Å². The Kier molecular flexibility index (Phi) is 4.36. The molecule has 2 aromatic heterocycles. The number of nitrogen functional groups attached to an aromatic ring is 1. The maximum atomic E-state index is 11.8. The van der Waals surface area contributed by atoms with Gasteiger partial charge >= 0.3 is 0 Å². The molecule has 20 heavy (non-hydrogen) atoms. The van der Waals surface area contributed by atoms with Crippen molar-refractivity contribution in [2.24, 2.45) is 0 Å². The number of nitrogens with zero attached hydrogens (tertiary/aromatic N) is 2. The molecular weight excluding hydrogens is 278 g/mol. The quantitative estimate of drug-likeness (QED) is 0.698. The normalized spacial score (nSPS) is 10.2. The van der Waals surface area contributed by atoms with Gasteiger partial charge in [0.2, 0.25) is 5.89 Å². The van der Waals surface area contributed by atoms with Crippen molar-refractivity contribution in [2.45, 2.75) is 13.5 Å². The molecule has 0 atom stereocenters. The number of hydrogen-bond donors (Lipinski definition) is 3. The average Bonchev–Trinajstić information content (AvgIpc) is 2.99. The van der Waals surface area contributed by atoms with Crippen molar-refractivity contribution in [1.29, 1.82) is 0 Å². The van der Waals surface area contributed by atoms with E-state index < -0.39 is 0 Å². The van der Waals surface area contributed by atoms with Crippen LogP contribution in [0.2, 0.25) is 0 Å². The Morgan fingerprint density at radius 2 is 2.45 bits per heavy atom. The van der Waals surface area contributed by atoms with E-state index in [0.29, 0.717) is 35.4 Å². The topological polar surface area (TPSA) is 106 Å². The number of hydrogen-bond acceptors (Lipinski definition) is 7. The zero-order chi connectivity index (χ0) is 14.5.